The molecule has 21 heavy (non-hydrogen) atoms. The van der Waals surface area contributed by atoms with E-state index in [2.05, 4.69) is 4.72 Å². The first kappa shape index (κ1) is 15.8. The van der Waals surface area contributed by atoms with Crippen LogP contribution in [0.4, 0.5) is 4.79 Å². The summed E-state index contributed by atoms with van der Waals surface area (Å²) in [6.45, 7) is 4.60. The van der Waals surface area contributed by atoms with Crippen LogP contribution in [0.15, 0.2) is 30.3 Å². The van der Waals surface area contributed by atoms with Crippen molar-refractivity contribution in [1.29, 1.82) is 0 Å². The lowest BCUT2D eigenvalue weighted by molar-refractivity contribution is 0.127. The average molecular weight is 312 g/mol. The summed E-state index contributed by atoms with van der Waals surface area (Å²) in [5.74, 6) is -0.0750. The van der Waals surface area contributed by atoms with Gasteiger partial charge in [0, 0.05) is 6.54 Å². The molecular weight excluding hydrogens is 292 g/mol. The standard InChI is InChI=1S/C14H20N2O4S/c1-14(2,16-8-9-20-13(16)17)11-15-21(18,19)10-12-6-4-3-5-7-12/h3-7,15H,8-11H2,1-2H3. The Morgan fingerprint density at radius 3 is 2.52 bits per heavy atom. The number of cyclic esters (lactones) is 1. The molecule has 1 fully saturated rings. The minimum atomic E-state index is -3.44. The van der Waals surface area contributed by atoms with Gasteiger partial charge in [-0.2, -0.15) is 0 Å². The van der Waals surface area contributed by atoms with Gasteiger partial charge in [0.05, 0.1) is 17.8 Å². The molecule has 7 heteroatoms. The number of nitrogens with one attached hydrogen (secondary N) is 1. The van der Waals surface area contributed by atoms with Crippen molar-refractivity contribution in [2.24, 2.45) is 0 Å². The van der Waals surface area contributed by atoms with E-state index in [1.165, 1.54) is 4.90 Å². The van der Waals surface area contributed by atoms with Crippen molar-refractivity contribution in [1.82, 2.24) is 9.62 Å². The zero-order chi connectivity index (χ0) is 15.5. The fourth-order valence-corrected chi connectivity index (χ4v) is 3.48. The summed E-state index contributed by atoms with van der Waals surface area (Å²) in [6, 6.07) is 8.97. The summed E-state index contributed by atoms with van der Waals surface area (Å²) < 4.78 is 31.7. The summed E-state index contributed by atoms with van der Waals surface area (Å²) in [6.07, 6.45) is -0.401. The first-order valence-electron chi connectivity index (χ1n) is 6.76. The van der Waals surface area contributed by atoms with Gasteiger partial charge in [0.25, 0.3) is 0 Å². The van der Waals surface area contributed by atoms with Gasteiger partial charge in [-0.05, 0) is 19.4 Å². The van der Waals surface area contributed by atoms with Crippen LogP contribution in [0.3, 0.4) is 0 Å². The molecule has 1 aromatic carbocycles. The molecule has 1 N–H and O–H groups in total. The molecule has 1 aliphatic rings. The van der Waals surface area contributed by atoms with Crippen LogP contribution in [0.25, 0.3) is 0 Å². The smallest absolute Gasteiger partial charge is 0.410 e. The Bertz CT molecular complexity index is 599. The zero-order valence-corrected chi connectivity index (χ0v) is 13.0. The third-order valence-electron chi connectivity index (χ3n) is 3.42. The molecule has 0 bridgehead atoms. The van der Waals surface area contributed by atoms with Crippen LogP contribution >= 0.6 is 0 Å². The maximum absolute atomic E-state index is 12.1. The van der Waals surface area contributed by atoms with Crippen molar-refractivity contribution >= 4 is 16.1 Å². The molecule has 0 spiro atoms. The number of benzene rings is 1. The van der Waals surface area contributed by atoms with Crippen LogP contribution in [-0.4, -0.2) is 44.6 Å². The maximum Gasteiger partial charge on any atom is 0.410 e. The molecule has 0 saturated carbocycles. The Morgan fingerprint density at radius 1 is 1.29 bits per heavy atom. The average Bonchev–Trinajstić information content (AvgIpc) is 2.85. The zero-order valence-electron chi connectivity index (χ0n) is 12.2. The number of amides is 1. The molecule has 1 heterocycles. The van der Waals surface area contributed by atoms with E-state index < -0.39 is 21.7 Å². The van der Waals surface area contributed by atoms with Crippen LogP contribution in [-0.2, 0) is 20.5 Å². The first-order valence-corrected chi connectivity index (χ1v) is 8.41. The van der Waals surface area contributed by atoms with E-state index in [1.807, 2.05) is 19.9 Å². The molecule has 0 aliphatic carbocycles. The minimum Gasteiger partial charge on any atom is -0.448 e. The van der Waals surface area contributed by atoms with Gasteiger partial charge in [-0.15, -0.1) is 0 Å². The summed E-state index contributed by atoms with van der Waals surface area (Å²) in [5.41, 5.74) is 0.0977. The van der Waals surface area contributed by atoms with Crippen molar-refractivity contribution < 1.29 is 17.9 Å². The predicted molar refractivity (Wildman–Crippen MR) is 79.2 cm³/mol. The minimum absolute atomic E-state index is 0.0750. The number of carbonyl (C=O) groups excluding carboxylic acids is 1. The van der Waals surface area contributed by atoms with E-state index in [4.69, 9.17) is 4.74 Å². The van der Waals surface area contributed by atoms with E-state index in [-0.39, 0.29) is 12.3 Å². The van der Waals surface area contributed by atoms with Crippen molar-refractivity contribution in [2.75, 3.05) is 19.7 Å². The number of carbonyl (C=O) groups is 1. The van der Waals surface area contributed by atoms with Gasteiger partial charge < -0.3 is 4.74 Å². The fourth-order valence-electron chi connectivity index (χ4n) is 2.17. The lowest BCUT2D eigenvalue weighted by atomic mass is 10.0. The molecule has 1 amide bonds. The molecule has 0 unspecified atom stereocenters. The van der Waals surface area contributed by atoms with E-state index in [0.717, 1.165) is 5.56 Å². The highest BCUT2D eigenvalue weighted by Gasteiger charge is 2.36. The maximum atomic E-state index is 12.1. The quantitative estimate of drug-likeness (QED) is 0.860. The van der Waals surface area contributed by atoms with E-state index in [0.29, 0.717) is 13.2 Å². The van der Waals surface area contributed by atoms with E-state index in [1.54, 1.807) is 24.3 Å². The van der Waals surface area contributed by atoms with Gasteiger partial charge >= 0.3 is 6.09 Å². The van der Waals surface area contributed by atoms with E-state index >= 15 is 0 Å². The van der Waals surface area contributed by atoms with Crippen molar-refractivity contribution in [2.45, 2.75) is 25.1 Å². The van der Waals surface area contributed by atoms with Gasteiger partial charge in [0.2, 0.25) is 10.0 Å². The summed E-state index contributed by atoms with van der Waals surface area (Å²) in [4.78, 5) is 13.1. The lowest BCUT2D eigenvalue weighted by Gasteiger charge is -2.33. The summed E-state index contributed by atoms with van der Waals surface area (Å²) >= 11 is 0. The topological polar surface area (TPSA) is 75.7 Å². The number of hydrogen-bond donors (Lipinski definition) is 1. The molecule has 0 radical (unpaired) electrons. The number of ether oxygens (including phenoxy) is 1. The molecule has 116 valence electrons. The van der Waals surface area contributed by atoms with Gasteiger partial charge in [-0.3, -0.25) is 4.90 Å². The second-order valence-electron chi connectivity index (χ2n) is 5.64. The highest BCUT2D eigenvalue weighted by Crippen LogP contribution is 2.19. The molecule has 0 aromatic heterocycles. The number of sulfonamides is 1. The molecular formula is C14H20N2O4S. The Morgan fingerprint density at radius 2 is 1.95 bits per heavy atom. The third kappa shape index (κ3) is 4.18. The fraction of sp³-hybridized carbons (Fsp3) is 0.500. The summed E-state index contributed by atoms with van der Waals surface area (Å²) in [7, 11) is -3.44. The Hall–Kier alpha value is -1.60. The number of rotatable bonds is 6. The monoisotopic (exact) mass is 312 g/mol. The third-order valence-corrected chi connectivity index (χ3v) is 4.71. The molecule has 0 atom stereocenters. The highest BCUT2D eigenvalue weighted by atomic mass is 32.2. The summed E-state index contributed by atoms with van der Waals surface area (Å²) in [5, 5.41) is 0. The first-order chi connectivity index (χ1) is 9.80. The second-order valence-corrected chi connectivity index (χ2v) is 7.45. The van der Waals surface area contributed by atoms with Crippen LogP contribution in [0.5, 0.6) is 0 Å². The van der Waals surface area contributed by atoms with Crippen LogP contribution in [0, 0.1) is 0 Å². The Balaban J connectivity index is 1.96. The SMILES string of the molecule is CC(C)(CNS(=O)(=O)Cc1ccccc1)N1CCOC1=O. The van der Waals surface area contributed by atoms with Crippen molar-refractivity contribution in [3.63, 3.8) is 0 Å². The second kappa shape index (κ2) is 6.03. The van der Waals surface area contributed by atoms with Gasteiger partial charge in [-0.25, -0.2) is 17.9 Å². The molecule has 1 saturated heterocycles. The van der Waals surface area contributed by atoms with Crippen LogP contribution in [0.2, 0.25) is 0 Å². The largest absolute Gasteiger partial charge is 0.448 e. The predicted octanol–water partition coefficient (Wildman–Crippen LogP) is 1.34. The van der Waals surface area contributed by atoms with Gasteiger partial charge in [0.15, 0.2) is 0 Å². The lowest BCUT2D eigenvalue weighted by Crippen LogP contribution is -2.52. The normalized spacial score (nSPS) is 16.1. The van der Waals surface area contributed by atoms with E-state index in [9.17, 15) is 13.2 Å². The highest BCUT2D eigenvalue weighted by molar-refractivity contribution is 7.88. The molecule has 1 aromatic rings. The van der Waals surface area contributed by atoms with Gasteiger partial charge in [0.1, 0.15) is 6.61 Å². The van der Waals surface area contributed by atoms with Crippen molar-refractivity contribution in [3.8, 4) is 0 Å². The molecule has 6 nitrogen and oxygen atoms in total. The Labute approximate surface area is 125 Å². The van der Waals surface area contributed by atoms with Gasteiger partial charge in [-0.1, -0.05) is 30.3 Å². The van der Waals surface area contributed by atoms with Crippen molar-refractivity contribution in [3.05, 3.63) is 35.9 Å². The van der Waals surface area contributed by atoms with Crippen LogP contribution < -0.4 is 4.72 Å². The number of hydrogen-bond acceptors (Lipinski definition) is 4. The molecule has 2 rings (SSSR count). The van der Waals surface area contributed by atoms with Crippen LogP contribution in [0.1, 0.15) is 19.4 Å². The Kier molecular flexibility index (Phi) is 4.53. The number of nitrogens with zero attached hydrogens (tertiary/aromatic N) is 1. The molecule has 1 aliphatic heterocycles.